The Morgan fingerprint density at radius 3 is 2.24 bits per heavy atom. The molecule has 3 aromatic rings. The summed E-state index contributed by atoms with van der Waals surface area (Å²) < 4.78 is 5.36. The molecule has 1 unspecified atom stereocenters. The van der Waals surface area contributed by atoms with Crippen molar-refractivity contribution >= 4 is 34.6 Å². The van der Waals surface area contributed by atoms with Crippen molar-refractivity contribution in [1.82, 2.24) is 21.0 Å². The van der Waals surface area contributed by atoms with Crippen LogP contribution in [0.5, 0.6) is 0 Å². The number of guanidine groups is 1. The Balaban J connectivity index is 1.73. The zero-order valence-electron chi connectivity index (χ0n) is 25.7. The van der Waals surface area contributed by atoms with Crippen molar-refractivity contribution < 1.29 is 24.2 Å². The summed E-state index contributed by atoms with van der Waals surface area (Å²) in [6, 6.07) is 20.9. The molecule has 0 saturated heterocycles. The van der Waals surface area contributed by atoms with E-state index in [1.54, 1.807) is 32.9 Å². The Bertz CT molecular complexity index is 1480. The highest BCUT2D eigenvalue weighted by Gasteiger charge is 2.29. The number of nitrogens with zero attached hydrogens (tertiary/aromatic N) is 2. The number of carbonyl (C=O) groups is 3. The number of nitrogens with two attached hydrogens (primary N) is 1. The molecule has 0 heterocycles. The van der Waals surface area contributed by atoms with Gasteiger partial charge in [-0.05, 0) is 61.9 Å². The molecule has 3 aromatic carbocycles. The second kappa shape index (κ2) is 16.0. The van der Waals surface area contributed by atoms with Gasteiger partial charge < -0.3 is 26.4 Å². The number of rotatable bonds is 14. The number of hydrogen-bond acceptors (Lipinski definition) is 7. The van der Waals surface area contributed by atoms with E-state index in [0.717, 1.165) is 21.9 Å². The molecule has 0 fully saturated rings. The fourth-order valence-corrected chi connectivity index (χ4v) is 4.63. The molecule has 0 aromatic heterocycles. The van der Waals surface area contributed by atoms with Crippen molar-refractivity contribution in [2.75, 3.05) is 13.1 Å². The second-order valence-electron chi connectivity index (χ2n) is 11.6. The van der Waals surface area contributed by atoms with Gasteiger partial charge in [0.1, 0.15) is 17.7 Å². The van der Waals surface area contributed by atoms with E-state index in [1.807, 2.05) is 60.7 Å². The molecular weight excluding hydrogens is 578 g/mol. The van der Waals surface area contributed by atoms with Crippen LogP contribution < -0.4 is 21.7 Å². The molecule has 6 N–H and O–H groups in total. The molecule has 2 atom stereocenters. The van der Waals surface area contributed by atoms with Crippen LogP contribution in [0.15, 0.2) is 72.8 Å². The van der Waals surface area contributed by atoms with E-state index in [0.29, 0.717) is 11.4 Å². The first kappa shape index (κ1) is 34.3. The van der Waals surface area contributed by atoms with Crippen LogP contribution in [0.25, 0.3) is 10.8 Å². The van der Waals surface area contributed by atoms with Crippen LogP contribution in [0, 0.1) is 15.5 Å². The maximum absolute atomic E-state index is 13.6. The molecule has 3 amide bonds. The predicted molar refractivity (Wildman–Crippen MR) is 171 cm³/mol. The molecule has 45 heavy (non-hydrogen) atoms. The minimum absolute atomic E-state index is 0.00959. The molecule has 0 aliphatic carbocycles. The summed E-state index contributed by atoms with van der Waals surface area (Å²) in [4.78, 5) is 50.8. The molecule has 0 bridgehead atoms. The molecule has 0 aliphatic heterocycles. The first-order valence-electron chi connectivity index (χ1n) is 14.7. The largest absolute Gasteiger partial charge is 0.444 e. The Hall–Kier alpha value is -5.20. The number of alkyl carbamates (subject to hydrolysis) is 1. The lowest BCUT2D eigenvalue weighted by Gasteiger charge is -2.25. The Labute approximate surface area is 262 Å². The van der Waals surface area contributed by atoms with E-state index >= 15 is 0 Å². The van der Waals surface area contributed by atoms with E-state index in [1.165, 1.54) is 0 Å². The minimum atomic E-state index is -1.09. The van der Waals surface area contributed by atoms with Crippen molar-refractivity contribution in [1.29, 1.82) is 5.41 Å². The third-order valence-corrected chi connectivity index (χ3v) is 6.79. The lowest BCUT2D eigenvalue weighted by atomic mass is 10.0. The van der Waals surface area contributed by atoms with Gasteiger partial charge in [0.2, 0.25) is 11.8 Å². The molecule has 0 spiro atoms. The topological polar surface area (TPSA) is 193 Å². The lowest BCUT2D eigenvalue weighted by molar-refractivity contribution is -0.629. The summed E-state index contributed by atoms with van der Waals surface area (Å²) in [5.41, 5.74) is 6.31. The highest BCUT2D eigenvalue weighted by molar-refractivity contribution is 5.91. The molecule has 13 heteroatoms. The Morgan fingerprint density at radius 1 is 0.933 bits per heavy atom. The van der Waals surface area contributed by atoms with Gasteiger partial charge in [0.25, 0.3) is 5.96 Å². The molecule has 3 rings (SSSR count). The van der Waals surface area contributed by atoms with Crippen LogP contribution in [0.1, 0.15) is 44.7 Å². The van der Waals surface area contributed by atoms with E-state index in [2.05, 4.69) is 16.0 Å². The summed E-state index contributed by atoms with van der Waals surface area (Å²) in [5, 5.41) is 28.7. The maximum atomic E-state index is 13.6. The van der Waals surface area contributed by atoms with Gasteiger partial charge in [0.05, 0.1) is 6.54 Å². The summed E-state index contributed by atoms with van der Waals surface area (Å²) in [5.74, 6) is -1.86. The van der Waals surface area contributed by atoms with Gasteiger partial charge in [0, 0.05) is 13.0 Å². The molecule has 0 radical (unpaired) electrons. The van der Waals surface area contributed by atoms with Crippen LogP contribution >= 0.6 is 0 Å². The third kappa shape index (κ3) is 11.4. The quantitative estimate of drug-likeness (QED) is 0.0785. The van der Waals surface area contributed by atoms with Gasteiger partial charge in [-0.25, -0.2) is 14.9 Å². The first-order valence-corrected chi connectivity index (χ1v) is 14.7. The van der Waals surface area contributed by atoms with Gasteiger partial charge in [-0.1, -0.05) is 77.8 Å². The van der Waals surface area contributed by atoms with E-state index in [4.69, 9.17) is 15.9 Å². The number of carbonyl (C=O) groups excluding carboxylic acids is 3. The summed E-state index contributed by atoms with van der Waals surface area (Å²) in [7, 11) is 0. The number of benzene rings is 3. The first-order chi connectivity index (χ1) is 21.3. The SMILES string of the molecule is CC(C)(C)OC(=O)NC(Cc1ccccc1)C(=O)N[C@@H](CCCN(C(=N)N)[N+](=O)[O-])C(=O)NCCc1ccc2ccccc2c1. The Kier molecular flexibility index (Phi) is 12.2. The number of fused-ring (bicyclic) bond motifs is 1. The smallest absolute Gasteiger partial charge is 0.408 e. The summed E-state index contributed by atoms with van der Waals surface area (Å²) in [6.45, 7) is 5.13. The fourth-order valence-electron chi connectivity index (χ4n) is 4.63. The zero-order chi connectivity index (χ0) is 33.0. The molecule has 240 valence electrons. The number of nitro groups is 1. The van der Waals surface area contributed by atoms with Crippen molar-refractivity contribution in [3.8, 4) is 0 Å². The minimum Gasteiger partial charge on any atom is -0.444 e. The standard InChI is InChI=1S/C32H41N7O6/c1-32(2,3)45-31(42)37-27(21-22-10-5-4-6-11-22)29(41)36-26(14-9-19-38(30(33)34)39(43)44)28(40)35-18-17-23-15-16-24-12-7-8-13-25(24)20-23/h4-8,10-13,15-16,20,26-27H,9,14,17-19,21H2,1-3H3,(H3,33,34)(H,35,40)(H,36,41)(H,37,42)/t26-,27?/m0/s1. The monoisotopic (exact) mass is 619 g/mol. The number of nitrogens with one attached hydrogen (secondary N) is 4. The zero-order valence-corrected chi connectivity index (χ0v) is 25.7. The van der Waals surface area contributed by atoms with Gasteiger partial charge >= 0.3 is 6.09 Å². The highest BCUT2D eigenvalue weighted by atomic mass is 16.7. The number of hydrogen-bond donors (Lipinski definition) is 5. The van der Waals surface area contributed by atoms with Crippen LogP contribution in [0.3, 0.4) is 0 Å². The van der Waals surface area contributed by atoms with Crippen molar-refractivity contribution in [2.24, 2.45) is 5.73 Å². The van der Waals surface area contributed by atoms with Gasteiger partial charge in [-0.15, -0.1) is 0 Å². The predicted octanol–water partition coefficient (Wildman–Crippen LogP) is 3.29. The number of hydrazine groups is 1. The summed E-state index contributed by atoms with van der Waals surface area (Å²) in [6.07, 6.45) is -0.0601. The van der Waals surface area contributed by atoms with Gasteiger partial charge in [-0.2, -0.15) is 0 Å². The average molecular weight is 620 g/mol. The van der Waals surface area contributed by atoms with Crippen LogP contribution in [0.4, 0.5) is 4.79 Å². The van der Waals surface area contributed by atoms with E-state index in [9.17, 15) is 24.5 Å². The normalized spacial score (nSPS) is 12.4. The summed E-state index contributed by atoms with van der Waals surface area (Å²) >= 11 is 0. The van der Waals surface area contributed by atoms with Crippen molar-refractivity contribution in [2.45, 2.75) is 64.1 Å². The Morgan fingerprint density at radius 2 is 1.60 bits per heavy atom. The molecular formula is C32H41N7O6. The van der Waals surface area contributed by atoms with E-state index < -0.39 is 46.6 Å². The highest BCUT2D eigenvalue weighted by Crippen LogP contribution is 2.16. The molecule has 0 saturated carbocycles. The third-order valence-electron chi connectivity index (χ3n) is 6.79. The number of amides is 3. The molecule has 0 aliphatic rings. The van der Waals surface area contributed by atoms with Crippen molar-refractivity contribution in [3.63, 3.8) is 0 Å². The lowest BCUT2D eigenvalue weighted by Crippen LogP contribution is -2.55. The number of ether oxygens (including phenoxy) is 1. The molecule has 13 nitrogen and oxygen atoms in total. The fraction of sp³-hybridized carbons (Fsp3) is 0.375. The van der Waals surface area contributed by atoms with Crippen LogP contribution in [-0.2, 0) is 27.2 Å². The second-order valence-corrected chi connectivity index (χ2v) is 11.6. The van der Waals surface area contributed by atoms with Crippen LogP contribution in [0.2, 0.25) is 0 Å². The average Bonchev–Trinajstić information content (AvgIpc) is 2.97. The maximum Gasteiger partial charge on any atom is 0.408 e. The van der Waals surface area contributed by atoms with Gasteiger partial charge in [0.15, 0.2) is 5.03 Å². The van der Waals surface area contributed by atoms with Gasteiger partial charge in [-0.3, -0.25) is 15.0 Å². The van der Waals surface area contributed by atoms with E-state index in [-0.39, 0.29) is 32.4 Å². The van der Waals surface area contributed by atoms with Crippen LogP contribution in [-0.4, -0.2) is 64.7 Å². The van der Waals surface area contributed by atoms with Crippen molar-refractivity contribution in [3.05, 3.63) is 94.0 Å².